The van der Waals surface area contributed by atoms with E-state index in [9.17, 15) is 4.79 Å². The van der Waals surface area contributed by atoms with Crippen LogP contribution >= 0.6 is 0 Å². The Bertz CT molecular complexity index is 106. The fraction of sp³-hybridized carbons (Fsp3) is 0.833. The second-order valence-corrected chi connectivity index (χ2v) is 5.15. The fourth-order valence-corrected chi connectivity index (χ4v) is 1.11. The van der Waals surface area contributed by atoms with Crippen molar-refractivity contribution in [1.29, 1.82) is 0 Å². The van der Waals surface area contributed by atoms with Gasteiger partial charge in [-0.15, -0.1) is 0 Å². The normalized spacial score (nSPS) is 9.10. The molecule has 0 spiro atoms. The average molecular weight is 160 g/mol. The van der Waals surface area contributed by atoms with Crippen molar-refractivity contribution >= 4 is 14.8 Å². The number of carbonyl (C=O) groups is 1. The van der Waals surface area contributed by atoms with E-state index in [2.05, 4.69) is 23.1 Å². The van der Waals surface area contributed by atoms with Gasteiger partial charge in [0.1, 0.15) is 6.17 Å². The molecule has 0 aromatic rings. The van der Waals surface area contributed by atoms with Gasteiger partial charge in [0.05, 0.1) is 26.7 Å². The Morgan fingerprint density at radius 1 is 1.60 bits per heavy atom. The highest BCUT2D eigenvalue weighted by molar-refractivity contribution is 6.55. The number of ether oxygens (including phenoxy) is 1. The molecule has 0 fully saturated rings. The second kappa shape index (κ2) is 5.43. The molecular formula is C6H14NO2Si+. The lowest BCUT2D eigenvalue weighted by Gasteiger charge is -1.97. The Hall–Kier alpha value is -0.353. The fourth-order valence-electron chi connectivity index (χ4n) is 0.487. The van der Waals surface area contributed by atoms with Crippen molar-refractivity contribution < 1.29 is 9.53 Å². The maximum Gasteiger partial charge on any atom is 0.323 e. The summed E-state index contributed by atoms with van der Waals surface area (Å²) in [6, 6.07) is 0. The van der Waals surface area contributed by atoms with Crippen LogP contribution in [-0.2, 0) is 9.53 Å². The summed E-state index contributed by atoms with van der Waals surface area (Å²) in [6.45, 7) is 4.72. The SMILES string of the molecule is COC(=O)CNC[Si+](C)C. The van der Waals surface area contributed by atoms with Crippen molar-refractivity contribution in [1.82, 2.24) is 5.32 Å². The first-order chi connectivity index (χ1) is 4.66. The standard InChI is InChI=1S/C6H14NO2Si/c1-9-6(8)4-7-5-10(2)3/h7H,4-5H2,1-3H3/q+1. The molecule has 0 atom stereocenters. The molecule has 0 saturated carbocycles. The van der Waals surface area contributed by atoms with Crippen LogP contribution in [0.15, 0.2) is 0 Å². The van der Waals surface area contributed by atoms with E-state index in [0.717, 1.165) is 6.17 Å². The molecule has 4 heteroatoms. The summed E-state index contributed by atoms with van der Waals surface area (Å²) < 4.78 is 4.44. The lowest BCUT2D eigenvalue weighted by Crippen LogP contribution is -2.31. The van der Waals surface area contributed by atoms with Crippen LogP contribution in [0, 0.1) is 0 Å². The first-order valence-electron chi connectivity index (χ1n) is 3.23. The molecule has 0 aliphatic rings. The predicted molar refractivity (Wildman–Crippen MR) is 42.4 cm³/mol. The highest BCUT2D eigenvalue weighted by atomic mass is 28.3. The van der Waals surface area contributed by atoms with Gasteiger partial charge in [0.2, 0.25) is 0 Å². The molecule has 0 aliphatic heterocycles. The average Bonchev–Trinajstić information content (AvgIpc) is 1.87. The number of rotatable bonds is 4. The Balaban J connectivity index is 3.12. The number of carbonyl (C=O) groups excluding carboxylic acids is 1. The van der Waals surface area contributed by atoms with Crippen LogP contribution in [0.3, 0.4) is 0 Å². The van der Waals surface area contributed by atoms with E-state index in [-0.39, 0.29) is 14.8 Å². The molecule has 0 saturated heterocycles. The zero-order valence-electron chi connectivity index (χ0n) is 6.73. The van der Waals surface area contributed by atoms with Gasteiger partial charge in [-0.1, -0.05) is 0 Å². The van der Waals surface area contributed by atoms with Gasteiger partial charge in [-0.3, -0.25) is 10.1 Å². The zero-order valence-corrected chi connectivity index (χ0v) is 7.73. The minimum absolute atomic E-state index is 0.191. The molecule has 0 heterocycles. The first-order valence-corrected chi connectivity index (χ1v) is 5.94. The number of hydrogen-bond acceptors (Lipinski definition) is 3. The number of methoxy groups -OCH3 is 1. The van der Waals surface area contributed by atoms with Crippen LogP contribution in [0.2, 0.25) is 13.1 Å². The second-order valence-electron chi connectivity index (χ2n) is 2.39. The Morgan fingerprint density at radius 2 is 2.20 bits per heavy atom. The van der Waals surface area contributed by atoms with Gasteiger partial charge < -0.3 is 4.74 Å². The van der Waals surface area contributed by atoms with Crippen molar-refractivity contribution in [2.45, 2.75) is 13.1 Å². The summed E-state index contributed by atoms with van der Waals surface area (Å²) in [5.41, 5.74) is 0. The maximum absolute atomic E-state index is 10.5. The lowest BCUT2D eigenvalue weighted by molar-refractivity contribution is -0.139. The van der Waals surface area contributed by atoms with Crippen LogP contribution in [0.25, 0.3) is 0 Å². The highest BCUT2D eigenvalue weighted by Gasteiger charge is 2.10. The van der Waals surface area contributed by atoms with Crippen LogP contribution in [0.1, 0.15) is 0 Å². The molecule has 58 valence electrons. The van der Waals surface area contributed by atoms with E-state index in [1.54, 1.807) is 0 Å². The van der Waals surface area contributed by atoms with E-state index >= 15 is 0 Å². The Kier molecular flexibility index (Phi) is 5.24. The summed E-state index contributed by atoms with van der Waals surface area (Å²) in [4.78, 5) is 10.5. The maximum atomic E-state index is 10.5. The van der Waals surface area contributed by atoms with Crippen molar-refractivity contribution in [3.05, 3.63) is 0 Å². The van der Waals surface area contributed by atoms with Crippen LogP contribution < -0.4 is 5.32 Å². The molecule has 3 nitrogen and oxygen atoms in total. The van der Waals surface area contributed by atoms with Gasteiger partial charge in [0, 0.05) is 0 Å². The molecule has 0 unspecified atom stereocenters. The van der Waals surface area contributed by atoms with Gasteiger partial charge in [0.25, 0.3) is 0 Å². The summed E-state index contributed by atoms with van der Waals surface area (Å²) in [5, 5.41) is 3.01. The van der Waals surface area contributed by atoms with E-state index < -0.39 is 0 Å². The molecule has 0 rings (SSSR count). The van der Waals surface area contributed by atoms with Crippen LogP contribution in [0.5, 0.6) is 0 Å². The largest absolute Gasteiger partial charge is 0.468 e. The minimum atomic E-state index is -0.257. The van der Waals surface area contributed by atoms with Gasteiger partial charge in [-0.05, 0) is 0 Å². The van der Waals surface area contributed by atoms with Crippen LogP contribution in [-0.4, -0.2) is 34.6 Å². The zero-order chi connectivity index (χ0) is 7.98. The van der Waals surface area contributed by atoms with E-state index in [0.29, 0.717) is 6.54 Å². The van der Waals surface area contributed by atoms with E-state index in [4.69, 9.17) is 0 Å². The van der Waals surface area contributed by atoms with Gasteiger partial charge in [-0.25, -0.2) is 0 Å². The molecule has 0 aromatic heterocycles. The minimum Gasteiger partial charge on any atom is -0.468 e. The van der Waals surface area contributed by atoms with E-state index in [1.165, 1.54) is 7.11 Å². The van der Waals surface area contributed by atoms with Crippen molar-refractivity contribution in [3.63, 3.8) is 0 Å². The lowest BCUT2D eigenvalue weighted by atomic mass is 10.7. The Morgan fingerprint density at radius 3 is 2.60 bits per heavy atom. The molecule has 0 bridgehead atoms. The molecule has 0 aliphatic carbocycles. The molecule has 10 heavy (non-hydrogen) atoms. The third kappa shape index (κ3) is 5.78. The first kappa shape index (κ1) is 9.65. The van der Waals surface area contributed by atoms with Gasteiger partial charge in [-0.2, -0.15) is 0 Å². The van der Waals surface area contributed by atoms with Crippen molar-refractivity contribution in [2.24, 2.45) is 0 Å². The van der Waals surface area contributed by atoms with Crippen LogP contribution in [0.4, 0.5) is 0 Å². The van der Waals surface area contributed by atoms with Gasteiger partial charge >= 0.3 is 14.8 Å². The summed E-state index contributed by atoms with van der Waals surface area (Å²) in [5.74, 6) is -0.191. The number of nitrogens with one attached hydrogen (secondary N) is 1. The smallest absolute Gasteiger partial charge is 0.323 e. The third-order valence-corrected chi connectivity index (χ3v) is 1.93. The van der Waals surface area contributed by atoms with Crippen molar-refractivity contribution in [3.8, 4) is 0 Å². The molecule has 1 N–H and O–H groups in total. The van der Waals surface area contributed by atoms with Gasteiger partial charge in [0.15, 0.2) is 0 Å². The number of esters is 1. The molecule has 0 aromatic carbocycles. The Labute approximate surface area is 63.4 Å². The summed E-state index contributed by atoms with van der Waals surface area (Å²) >= 11 is 0. The molecule has 0 amide bonds. The predicted octanol–water partition coefficient (Wildman–Crippen LogP) is 0.0426. The molecular weight excluding hydrogens is 146 g/mol. The monoisotopic (exact) mass is 160 g/mol. The highest BCUT2D eigenvalue weighted by Crippen LogP contribution is 1.75. The number of hydrogen-bond donors (Lipinski definition) is 1. The summed E-state index contributed by atoms with van der Waals surface area (Å²) in [7, 11) is 1.14. The third-order valence-electron chi connectivity index (χ3n) is 0.976. The van der Waals surface area contributed by atoms with E-state index in [1.807, 2.05) is 0 Å². The summed E-state index contributed by atoms with van der Waals surface area (Å²) in [6.07, 6.45) is 0.958. The topological polar surface area (TPSA) is 38.3 Å². The molecule has 0 radical (unpaired) electrons. The quantitative estimate of drug-likeness (QED) is 0.466. The van der Waals surface area contributed by atoms with Crippen molar-refractivity contribution in [2.75, 3.05) is 19.8 Å².